The third kappa shape index (κ3) is 8.94. The Labute approximate surface area is 248 Å². The van der Waals surface area contributed by atoms with Crippen LogP contribution in [0.1, 0.15) is 75.7 Å². The predicted octanol–water partition coefficient (Wildman–Crippen LogP) is 5.28. The van der Waals surface area contributed by atoms with E-state index >= 15 is 0 Å². The van der Waals surface area contributed by atoms with Crippen LogP contribution in [0.3, 0.4) is 0 Å². The summed E-state index contributed by atoms with van der Waals surface area (Å²) in [7, 11) is 1.31. The maximum atomic E-state index is 13.5. The molecule has 1 atom stereocenters. The fourth-order valence-electron chi connectivity index (χ4n) is 4.49. The molecule has 2 N–H and O–H groups in total. The summed E-state index contributed by atoms with van der Waals surface area (Å²) >= 11 is 0. The van der Waals surface area contributed by atoms with Gasteiger partial charge in [0.25, 0.3) is 5.91 Å². The number of piperidine rings is 1. The highest BCUT2D eigenvalue weighted by Crippen LogP contribution is 2.37. The molecule has 2 aromatic rings. The Balaban J connectivity index is 1.60. The minimum atomic E-state index is -3.04. The van der Waals surface area contributed by atoms with Gasteiger partial charge in [-0.2, -0.15) is 8.78 Å². The van der Waals surface area contributed by atoms with Gasteiger partial charge in [-0.05, 0) is 77.5 Å². The zero-order valence-corrected chi connectivity index (χ0v) is 24.9. The maximum absolute atomic E-state index is 13.5. The first-order chi connectivity index (χ1) is 20.3. The van der Waals surface area contributed by atoms with Crippen LogP contribution in [0.15, 0.2) is 22.6 Å². The number of alkyl halides is 2. The van der Waals surface area contributed by atoms with Crippen molar-refractivity contribution in [2.75, 3.05) is 26.8 Å². The number of rotatable bonds is 10. The molecule has 43 heavy (non-hydrogen) atoms. The predicted molar refractivity (Wildman–Crippen MR) is 149 cm³/mol. The molecule has 12 nitrogen and oxygen atoms in total. The summed E-state index contributed by atoms with van der Waals surface area (Å²) in [5, 5.41) is 5.60. The minimum Gasteiger partial charge on any atom is -0.489 e. The van der Waals surface area contributed by atoms with Crippen molar-refractivity contribution >= 4 is 18.1 Å². The second kappa shape index (κ2) is 13.5. The molecule has 236 valence electrons. The Hall–Kier alpha value is -4.10. The molecule has 4 rings (SSSR count). The van der Waals surface area contributed by atoms with Crippen LogP contribution < -0.4 is 20.1 Å². The number of ether oxygens (including phenoxy) is 4. The highest BCUT2D eigenvalue weighted by Gasteiger charge is 2.31. The Kier molecular flexibility index (Phi) is 9.97. The number of aromatic nitrogens is 1. The van der Waals surface area contributed by atoms with Gasteiger partial charge >= 0.3 is 18.8 Å². The molecule has 1 aromatic heterocycles. The maximum Gasteiger partial charge on any atom is 0.409 e. The van der Waals surface area contributed by atoms with Crippen molar-refractivity contribution in [3.05, 3.63) is 29.7 Å². The molecule has 2 heterocycles. The first kappa shape index (κ1) is 31.8. The molecule has 0 radical (unpaired) electrons. The van der Waals surface area contributed by atoms with Crippen molar-refractivity contribution in [3.63, 3.8) is 0 Å². The highest BCUT2D eigenvalue weighted by atomic mass is 19.3. The van der Waals surface area contributed by atoms with Gasteiger partial charge in [0.1, 0.15) is 5.60 Å². The number of amides is 3. The Morgan fingerprint density at radius 2 is 1.81 bits per heavy atom. The van der Waals surface area contributed by atoms with E-state index in [1.54, 1.807) is 32.6 Å². The number of nitrogens with zero attached hydrogens (tertiary/aromatic N) is 2. The average Bonchev–Trinajstić information content (AvgIpc) is 3.65. The van der Waals surface area contributed by atoms with Crippen LogP contribution in [0.25, 0.3) is 11.5 Å². The SMILES string of the molecule is COC(=O)N1CCC(NC(=O)c2nc(-c3ccc(OC(F)F)c(OCC4CC4)c3)oc2[C@H](C)NC(=O)OC(C)(C)C)CC1. The van der Waals surface area contributed by atoms with E-state index in [2.05, 4.69) is 20.4 Å². The lowest BCUT2D eigenvalue weighted by Crippen LogP contribution is -2.46. The molecular weight excluding hydrogens is 570 g/mol. The number of hydrogen-bond acceptors (Lipinski definition) is 9. The number of alkyl carbamates (subject to hydrolysis) is 1. The molecule has 1 saturated carbocycles. The monoisotopic (exact) mass is 608 g/mol. The number of benzene rings is 1. The number of likely N-dealkylation sites (tertiary alicyclic amines) is 1. The number of carbonyl (C=O) groups excluding carboxylic acids is 3. The Morgan fingerprint density at radius 1 is 1.12 bits per heavy atom. The van der Waals surface area contributed by atoms with Crippen LogP contribution in [0.4, 0.5) is 18.4 Å². The van der Waals surface area contributed by atoms with Gasteiger partial charge in [0.15, 0.2) is 23.0 Å². The summed E-state index contributed by atoms with van der Waals surface area (Å²) in [5.41, 5.74) is -0.472. The number of methoxy groups -OCH3 is 1. The molecule has 14 heteroatoms. The molecular formula is C29H38F2N4O8. The van der Waals surface area contributed by atoms with E-state index in [1.807, 2.05) is 0 Å². The van der Waals surface area contributed by atoms with Gasteiger partial charge in [-0.25, -0.2) is 14.6 Å². The highest BCUT2D eigenvalue weighted by molar-refractivity contribution is 5.94. The molecule has 0 spiro atoms. The van der Waals surface area contributed by atoms with Crippen LogP contribution in [-0.4, -0.2) is 73.0 Å². The van der Waals surface area contributed by atoms with E-state index in [1.165, 1.54) is 25.3 Å². The molecule has 2 fully saturated rings. The van der Waals surface area contributed by atoms with E-state index in [0.29, 0.717) is 44.0 Å². The summed E-state index contributed by atoms with van der Waals surface area (Å²) < 4.78 is 52.6. The molecule has 2 aliphatic rings. The quantitative estimate of drug-likeness (QED) is 0.369. The third-order valence-electron chi connectivity index (χ3n) is 6.84. The molecule has 1 aliphatic heterocycles. The van der Waals surface area contributed by atoms with Crippen LogP contribution >= 0.6 is 0 Å². The Morgan fingerprint density at radius 3 is 2.42 bits per heavy atom. The fraction of sp³-hybridized carbons (Fsp3) is 0.586. The minimum absolute atomic E-state index is 0.0124. The second-order valence-corrected chi connectivity index (χ2v) is 11.6. The Bertz CT molecular complexity index is 1300. The first-order valence-electron chi connectivity index (χ1n) is 14.2. The van der Waals surface area contributed by atoms with Gasteiger partial charge in [0, 0.05) is 24.7 Å². The summed E-state index contributed by atoms with van der Waals surface area (Å²) in [6, 6.07) is 3.18. The summed E-state index contributed by atoms with van der Waals surface area (Å²) in [5.74, 6) is -0.152. The van der Waals surface area contributed by atoms with Gasteiger partial charge in [0.2, 0.25) is 5.89 Å². The number of nitrogens with one attached hydrogen (secondary N) is 2. The number of halogens is 2. The van der Waals surface area contributed by atoms with Crippen LogP contribution in [0, 0.1) is 5.92 Å². The van der Waals surface area contributed by atoms with Crippen molar-refractivity contribution in [3.8, 4) is 23.0 Å². The second-order valence-electron chi connectivity index (χ2n) is 11.6. The summed E-state index contributed by atoms with van der Waals surface area (Å²) in [6.07, 6.45) is 1.84. The smallest absolute Gasteiger partial charge is 0.409 e. The molecule has 3 amide bonds. The van der Waals surface area contributed by atoms with Crippen molar-refractivity contribution < 1.29 is 46.5 Å². The molecule has 0 unspecified atom stereocenters. The van der Waals surface area contributed by atoms with E-state index < -0.39 is 36.3 Å². The standard InChI is InChI=1S/C29H38F2N4O8/c1-16(32-27(37)43-29(2,3)4)23-22(24(36)33-19-10-12-35(13-11-19)28(38)39-5)34-25(42-23)18-8-9-20(41-26(30)31)21(14-18)40-15-17-6-7-17/h8-9,14,16-17,19,26H,6-7,10-13,15H2,1-5H3,(H,32,37)(H,33,36)/t16-/m0/s1. The fourth-order valence-corrected chi connectivity index (χ4v) is 4.49. The van der Waals surface area contributed by atoms with Crippen LogP contribution in [0.2, 0.25) is 0 Å². The number of oxazole rings is 1. The molecule has 0 bridgehead atoms. The topological polar surface area (TPSA) is 141 Å². The lowest BCUT2D eigenvalue weighted by molar-refractivity contribution is -0.0515. The van der Waals surface area contributed by atoms with E-state index in [-0.39, 0.29) is 34.9 Å². The summed E-state index contributed by atoms with van der Waals surface area (Å²) in [6.45, 7) is 4.89. The van der Waals surface area contributed by atoms with Gasteiger partial charge in [0.05, 0.1) is 19.8 Å². The van der Waals surface area contributed by atoms with Gasteiger partial charge in [-0.15, -0.1) is 0 Å². The van der Waals surface area contributed by atoms with Crippen molar-refractivity contribution in [1.29, 1.82) is 0 Å². The molecule has 1 saturated heterocycles. The molecule has 1 aliphatic carbocycles. The van der Waals surface area contributed by atoms with E-state index in [9.17, 15) is 23.2 Å². The van der Waals surface area contributed by atoms with E-state index in [0.717, 1.165) is 12.8 Å². The lowest BCUT2D eigenvalue weighted by atomic mass is 10.0. The summed E-state index contributed by atoms with van der Waals surface area (Å²) in [4.78, 5) is 43.8. The number of carbonyl (C=O) groups is 3. The third-order valence-corrected chi connectivity index (χ3v) is 6.84. The van der Waals surface area contributed by atoms with E-state index in [4.69, 9.17) is 18.6 Å². The number of hydrogen-bond donors (Lipinski definition) is 2. The van der Waals surface area contributed by atoms with Gasteiger partial charge < -0.3 is 38.9 Å². The molecule has 1 aromatic carbocycles. The normalized spacial score (nSPS) is 16.4. The van der Waals surface area contributed by atoms with Crippen molar-refractivity contribution in [2.24, 2.45) is 5.92 Å². The lowest BCUT2D eigenvalue weighted by Gasteiger charge is -2.31. The first-order valence-corrected chi connectivity index (χ1v) is 14.2. The van der Waals surface area contributed by atoms with Crippen molar-refractivity contribution in [2.45, 2.75) is 77.7 Å². The van der Waals surface area contributed by atoms with Crippen LogP contribution in [0.5, 0.6) is 11.5 Å². The van der Waals surface area contributed by atoms with Gasteiger partial charge in [-0.1, -0.05) is 0 Å². The zero-order chi connectivity index (χ0) is 31.3. The van der Waals surface area contributed by atoms with Crippen LogP contribution in [-0.2, 0) is 9.47 Å². The van der Waals surface area contributed by atoms with Gasteiger partial charge in [-0.3, -0.25) is 4.79 Å². The average molecular weight is 609 g/mol. The van der Waals surface area contributed by atoms with Crippen molar-refractivity contribution in [1.82, 2.24) is 20.5 Å². The zero-order valence-electron chi connectivity index (χ0n) is 24.9. The largest absolute Gasteiger partial charge is 0.489 e.